The predicted molar refractivity (Wildman–Crippen MR) is 44.0 cm³/mol. The molecule has 0 aliphatic rings. The summed E-state index contributed by atoms with van der Waals surface area (Å²) in [6, 6.07) is 0. The Hall–Kier alpha value is -1.10. The number of methoxy groups -OCH3 is 2. The molecule has 0 aliphatic carbocycles. The van der Waals surface area contributed by atoms with E-state index in [1.807, 2.05) is 0 Å². The summed E-state index contributed by atoms with van der Waals surface area (Å²) in [6.45, 7) is 1.46. The van der Waals surface area contributed by atoms with Crippen molar-refractivity contribution in [3.05, 3.63) is 0 Å². The van der Waals surface area contributed by atoms with Crippen molar-refractivity contribution >= 4 is 11.9 Å². The van der Waals surface area contributed by atoms with Gasteiger partial charge in [0.15, 0.2) is 0 Å². The largest absolute Gasteiger partial charge is 0.469 e. The molecule has 0 saturated carbocycles. The number of hydrogen-bond donors (Lipinski definition) is 0. The van der Waals surface area contributed by atoms with E-state index < -0.39 is 17.9 Å². The van der Waals surface area contributed by atoms with Crippen LogP contribution < -0.4 is 0 Å². The number of rotatable bonds is 5. The summed E-state index contributed by atoms with van der Waals surface area (Å²) < 4.78 is 13.9. The molecule has 13 heavy (non-hydrogen) atoms. The van der Waals surface area contributed by atoms with Crippen molar-refractivity contribution in [2.45, 2.75) is 6.92 Å². The van der Waals surface area contributed by atoms with Crippen molar-refractivity contribution < 1.29 is 23.8 Å². The van der Waals surface area contributed by atoms with Crippen molar-refractivity contribution in [2.24, 2.45) is 5.92 Å². The van der Waals surface area contributed by atoms with Gasteiger partial charge >= 0.3 is 11.9 Å². The molecule has 0 N–H and O–H groups in total. The zero-order valence-corrected chi connectivity index (χ0v) is 8.03. The van der Waals surface area contributed by atoms with Gasteiger partial charge in [0, 0.05) is 14.0 Å². The van der Waals surface area contributed by atoms with Crippen molar-refractivity contribution in [3.8, 4) is 0 Å². The van der Waals surface area contributed by atoms with E-state index in [2.05, 4.69) is 9.47 Å². The van der Waals surface area contributed by atoms with Crippen LogP contribution in [0.5, 0.6) is 0 Å². The minimum absolute atomic E-state index is 0.00412. The van der Waals surface area contributed by atoms with Crippen LogP contribution in [0.2, 0.25) is 0 Å². The van der Waals surface area contributed by atoms with E-state index in [0.717, 1.165) is 0 Å². The fourth-order valence-electron chi connectivity index (χ4n) is 0.770. The van der Waals surface area contributed by atoms with Gasteiger partial charge in [-0.15, -0.1) is 0 Å². The van der Waals surface area contributed by atoms with E-state index in [0.29, 0.717) is 0 Å². The van der Waals surface area contributed by atoms with Crippen LogP contribution in [0.1, 0.15) is 6.92 Å². The Morgan fingerprint density at radius 1 is 1.23 bits per heavy atom. The summed E-state index contributed by atoms with van der Waals surface area (Å²) in [6.07, 6.45) is 0. The van der Waals surface area contributed by atoms with Crippen LogP contribution in [0.3, 0.4) is 0 Å². The van der Waals surface area contributed by atoms with Gasteiger partial charge < -0.3 is 14.2 Å². The van der Waals surface area contributed by atoms with Gasteiger partial charge in [-0.25, -0.2) is 0 Å². The lowest BCUT2D eigenvalue weighted by Crippen LogP contribution is -2.26. The van der Waals surface area contributed by atoms with Crippen LogP contribution >= 0.6 is 0 Å². The molecule has 1 atom stereocenters. The lowest BCUT2D eigenvalue weighted by molar-refractivity contribution is -0.153. The smallest absolute Gasteiger partial charge is 0.314 e. The Bertz CT molecular complexity index is 177. The first kappa shape index (κ1) is 11.9. The fraction of sp³-hybridized carbons (Fsp3) is 0.750. The van der Waals surface area contributed by atoms with E-state index in [-0.39, 0.29) is 13.2 Å². The number of ether oxygens (including phenoxy) is 3. The first-order valence-electron chi connectivity index (χ1n) is 3.82. The third-order valence-electron chi connectivity index (χ3n) is 1.39. The predicted octanol–water partition coefficient (Wildman–Crippen LogP) is -0.0149. The highest BCUT2D eigenvalue weighted by molar-refractivity contribution is 5.73. The van der Waals surface area contributed by atoms with Crippen molar-refractivity contribution in [3.63, 3.8) is 0 Å². The molecule has 76 valence electrons. The van der Waals surface area contributed by atoms with Gasteiger partial charge in [0.2, 0.25) is 0 Å². The maximum absolute atomic E-state index is 11.0. The maximum atomic E-state index is 11.0. The van der Waals surface area contributed by atoms with Gasteiger partial charge in [-0.05, 0) is 0 Å². The average Bonchev–Trinajstić information content (AvgIpc) is 2.10. The Morgan fingerprint density at radius 3 is 2.23 bits per heavy atom. The van der Waals surface area contributed by atoms with E-state index in [1.54, 1.807) is 0 Å². The van der Waals surface area contributed by atoms with Crippen LogP contribution in [0.15, 0.2) is 0 Å². The normalized spacial score (nSPS) is 11.9. The first-order valence-corrected chi connectivity index (χ1v) is 3.82. The van der Waals surface area contributed by atoms with Crippen molar-refractivity contribution in [1.82, 2.24) is 0 Å². The number of carbonyl (C=O) groups excluding carboxylic acids is 2. The highest BCUT2D eigenvalue weighted by Gasteiger charge is 2.20. The second kappa shape index (κ2) is 6.42. The third-order valence-corrected chi connectivity index (χ3v) is 1.39. The maximum Gasteiger partial charge on any atom is 0.314 e. The second-order valence-electron chi connectivity index (χ2n) is 2.48. The molecular weight excluding hydrogens is 176 g/mol. The van der Waals surface area contributed by atoms with Gasteiger partial charge in [0.25, 0.3) is 0 Å². The van der Waals surface area contributed by atoms with Crippen LogP contribution in [-0.4, -0.2) is 39.4 Å². The minimum atomic E-state index is -0.543. The molecule has 0 amide bonds. The molecule has 0 radical (unpaired) electrons. The van der Waals surface area contributed by atoms with Gasteiger partial charge in [-0.3, -0.25) is 9.59 Å². The van der Waals surface area contributed by atoms with Crippen LogP contribution in [0.25, 0.3) is 0 Å². The average molecular weight is 190 g/mol. The Morgan fingerprint density at radius 2 is 1.85 bits per heavy atom. The van der Waals surface area contributed by atoms with Crippen LogP contribution in [0.4, 0.5) is 0 Å². The SMILES string of the molecule is COCC(COC(C)=O)C(=O)OC. The monoisotopic (exact) mass is 190 g/mol. The molecule has 0 heterocycles. The fourth-order valence-corrected chi connectivity index (χ4v) is 0.770. The van der Waals surface area contributed by atoms with E-state index in [4.69, 9.17) is 4.74 Å². The second-order valence-corrected chi connectivity index (χ2v) is 2.48. The van der Waals surface area contributed by atoms with Crippen molar-refractivity contribution in [2.75, 3.05) is 27.4 Å². The number of esters is 2. The molecule has 0 bridgehead atoms. The van der Waals surface area contributed by atoms with E-state index >= 15 is 0 Å². The lowest BCUT2D eigenvalue weighted by atomic mass is 10.2. The Labute approximate surface area is 77.0 Å². The molecule has 0 saturated heterocycles. The number of hydrogen-bond acceptors (Lipinski definition) is 5. The van der Waals surface area contributed by atoms with E-state index in [1.165, 1.54) is 21.1 Å². The standard InChI is InChI=1S/C8H14O5/c1-6(9)13-5-7(4-11-2)8(10)12-3/h7H,4-5H2,1-3H3. The van der Waals surface area contributed by atoms with Crippen LogP contribution in [0, 0.1) is 5.92 Å². The summed E-state index contributed by atoms with van der Waals surface area (Å²) >= 11 is 0. The summed E-state index contributed by atoms with van der Waals surface area (Å²) in [7, 11) is 2.74. The molecule has 0 aromatic carbocycles. The first-order chi connectivity index (χ1) is 6.11. The van der Waals surface area contributed by atoms with Gasteiger partial charge in [0.05, 0.1) is 13.7 Å². The lowest BCUT2D eigenvalue weighted by Gasteiger charge is -2.12. The molecule has 1 unspecified atom stereocenters. The Balaban J connectivity index is 3.93. The summed E-state index contributed by atoms with van der Waals surface area (Å²) in [5.74, 6) is -1.41. The number of carbonyl (C=O) groups is 2. The molecule has 0 aliphatic heterocycles. The molecule has 0 aromatic rings. The van der Waals surface area contributed by atoms with Gasteiger partial charge in [0.1, 0.15) is 12.5 Å². The summed E-state index contributed by atoms with van der Waals surface area (Å²) in [4.78, 5) is 21.5. The summed E-state index contributed by atoms with van der Waals surface area (Å²) in [5.41, 5.74) is 0. The van der Waals surface area contributed by atoms with Gasteiger partial charge in [-0.2, -0.15) is 0 Å². The van der Waals surface area contributed by atoms with Crippen LogP contribution in [-0.2, 0) is 23.8 Å². The Kier molecular flexibility index (Phi) is 5.88. The highest BCUT2D eigenvalue weighted by atomic mass is 16.5. The summed E-state index contributed by atoms with van der Waals surface area (Å²) in [5, 5.41) is 0. The van der Waals surface area contributed by atoms with Crippen molar-refractivity contribution in [1.29, 1.82) is 0 Å². The molecule has 5 heteroatoms. The zero-order chi connectivity index (χ0) is 10.3. The quantitative estimate of drug-likeness (QED) is 0.570. The topological polar surface area (TPSA) is 61.8 Å². The third kappa shape index (κ3) is 5.19. The van der Waals surface area contributed by atoms with E-state index in [9.17, 15) is 9.59 Å². The molecule has 0 rings (SSSR count). The van der Waals surface area contributed by atoms with Gasteiger partial charge in [-0.1, -0.05) is 0 Å². The molecule has 0 spiro atoms. The molecule has 5 nitrogen and oxygen atoms in total. The molecular formula is C8H14O5. The molecule has 0 fully saturated rings. The highest BCUT2D eigenvalue weighted by Crippen LogP contribution is 2.01. The molecule has 0 aromatic heterocycles. The minimum Gasteiger partial charge on any atom is -0.469 e. The zero-order valence-electron chi connectivity index (χ0n) is 8.03.